The van der Waals surface area contributed by atoms with Gasteiger partial charge in [0.2, 0.25) is 0 Å². The van der Waals surface area contributed by atoms with Gasteiger partial charge in [0.15, 0.2) is 0 Å². The van der Waals surface area contributed by atoms with Crippen molar-refractivity contribution in [3.63, 3.8) is 0 Å². The van der Waals surface area contributed by atoms with Gasteiger partial charge in [0.1, 0.15) is 0 Å². The smallest absolute Gasteiger partial charge is 0.0843 e. The SMILES string of the molecule is NCC(NC1CC1)c1cc(Br)c(Br)s1. The third-order valence-corrected chi connectivity index (χ3v) is 5.63. The van der Waals surface area contributed by atoms with E-state index in [0.717, 1.165) is 8.26 Å². The van der Waals surface area contributed by atoms with Crippen molar-refractivity contribution >= 4 is 43.2 Å². The van der Waals surface area contributed by atoms with Crippen LogP contribution < -0.4 is 11.1 Å². The first-order valence-corrected chi connectivity index (χ1v) is 7.02. The largest absolute Gasteiger partial charge is 0.329 e. The number of rotatable bonds is 4. The Hall–Kier alpha value is 0.580. The summed E-state index contributed by atoms with van der Waals surface area (Å²) in [6, 6.07) is 3.15. The summed E-state index contributed by atoms with van der Waals surface area (Å²) in [5.74, 6) is 0. The zero-order valence-corrected chi connectivity index (χ0v) is 11.6. The fraction of sp³-hybridized carbons (Fsp3) is 0.556. The van der Waals surface area contributed by atoms with Gasteiger partial charge in [0.25, 0.3) is 0 Å². The fourth-order valence-electron chi connectivity index (χ4n) is 1.34. The maximum absolute atomic E-state index is 5.75. The average molecular weight is 340 g/mol. The van der Waals surface area contributed by atoms with Gasteiger partial charge in [-0.3, -0.25) is 0 Å². The van der Waals surface area contributed by atoms with E-state index in [2.05, 4.69) is 43.2 Å². The van der Waals surface area contributed by atoms with Crippen molar-refractivity contribution in [1.82, 2.24) is 5.32 Å². The Morgan fingerprint density at radius 3 is 2.71 bits per heavy atom. The zero-order chi connectivity index (χ0) is 10.1. The van der Waals surface area contributed by atoms with Crippen molar-refractivity contribution in [1.29, 1.82) is 0 Å². The summed E-state index contributed by atoms with van der Waals surface area (Å²) in [5.41, 5.74) is 5.75. The molecular weight excluding hydrogens is 328 g/mol. The summed E-state index contributed by atoms with van der Waals surface area (Å²) in [5, 5.41) is 3.54. The van der Waals surface area contributed by atoms with Gasteiger partial charge in [-0.1, -0.05) is 0 Å². The molecule has 0 aliphatic heterocycles. The number of halogens is 2. The summed E-state index contributed by atoms with van der Waals surface area (Å²) in [6.07, 6.45) is 2.59. The Bertz CT molecular complexity index is 303. The van der Waals surface area contributed by atoms with Gasteiger partial charge in [-0.15, -0.1) is 11.3 Å². The van der Waals surface area contributed by atoms with E-state index in [1.165, 1.54) is 17.7 Å². The van der Waals surface area contributed by atoms with Crippen LogP contribution in [0, 0.1) is 0 Å². The van der Waals surface area contributed by atoms with E-state index in [1.807, 2.05) is 0 Å². The number of thiophene rings is 1. The summed E-state index contributed by atoms with van der Waals surface area (Å²) in [6.45, 7) is 0.663. The molecule has 2 nitrogen and oxygen atoms in total. The maximum Gasteiger partial charge on any atom is 0.0843 e. The van der Waals surface area contributed by atoms with Crippen LogP contribution >= 0.6 is 43.2 Å². The van der Waals surface area contributed by atoms with Gasteiger partial charge < -0.3 is 11.1 Å². The Morgan fingerprint density at radius 1 is 1.57 bits per heavy atom. The second-order valence-electron chi connectivity index (χ2n) is 3.50. The minimum Gasteiger partial charge on any atom is -0.329 e. The van der Waals surface area contributed by atoms with Gasteiger partial charge in [-0.2, -0.15) is 0 Å². The molecular formula is C9H12Br2N2S. The standard InChI is InChI=1S/C9H12Br2N2S/c10-6-3-8(14-9(6)11)7(4-12)13-5-1-2-5/h3,5,7,13H,1-2,4,12H2. The molecule has 0 amide bonds. The second kappa shape index (κ2) is 4.61. The first-order chi connectivity index (χ1) is 6.70. The Labute approximate surface area is 105 Å². The third kappa shape index (κ3) is 2.58. The molecule has 1 heterocycles. The molecule has 1 aromatic rings. The Kier molecular flexibility index (Phi) is 3.65. The molecule has 78 valence electrons. The summed E-state index contributed by atoms with van der Waals surface area (Å²) >= 11 is 8.73. The van der Waals surface area contributed by atoms with Gasteiger partial charge >= 0.3 is 0 Å². The van der Waals surface area contributed by atoms with Crippen molar-refractivity contribution in [2.45, 2.75) is 24.9 Å². The van der Waals surface area contributed by atoms with Crippen LogP contribution in [0.4, 0.5) is 0 Å². The molecule has 1 fully saturated rings. The fourth-order valence-corrected chi connectivity index (χ4v) is 3.50. The monoisotopic (exact) mass is 338 g/mol. The molecule has 1 aromatic heterocycles. The molecule has 0 radical (unpaired) electrons. The highest BCUT2D eigenvalue weighted by atomic mass is 79.9. The number of hydrogen-bond donors (Lipinski definition) is 2. The maximum atomic E-state index is 5.75. The number of nitrogens with one attached hydrogen (secondary N) is 1. The average Bonchev–Trinajstić information content (AvgIpc) is 2.91. The van der Waals surface area contributed by atoms with E-state index >= 15 is 0 Å². The lowest BCUT2D eigenvalue weighted by molar-refractivity contribution is 0.546. The minimum absolute atomic E-state index is 0.315. The van der Waals surface area contributed by atoms with E-state index in [9.17, 15) is 0 Å². The molecule has 1 saturated carbocycles. The first-order valence-electron chi connectivity index (χ1n) is 4.61. The summed E-state index contributed by atoms with van der Waals surface area (Å²) in [4.78, 5) is 1.30. The van der Waals surface area contributed by atoms with Crippen molar-refractivity contribution in [3.8, 4) is 0 Å². The van der Waals surface area contributed by atoms with Crippen molar-refractivity contribution in [2.24, 2.45) is 5.73 Å². The van der Waals surface area contributed by atoms with Gasteiger partial charge in [-0.05, 0) is 50.8 Å². The van der Waals surface area contributed by atoms with Crippen LogP contribution in [0.5, 0.6) is 0 Å². The Morgan fingerprint density at radius 2 is 2.29 bits per heavy atom. The van der Waals surface area contributed by atoms with Gasteiger partial charge in [-0.25, -0.2) is 0 Å². The molecule has 14 heavy (non-hydrogen) atoms. The highest BCUT2D eigenvalue weighted by Crippen LogP contribution is 2.36. The van der Waals surface area contributed by atoms with Gasteiger partial charge in [0.05, 0.1) is 9.83 Å². The molecule has 0 bridgehead atoms. The minimum atomic E-state index is 0.315. The normalized spacial score (nSPS) is 18.5. The van der Waals surface area contributed by atoms with Crippen molar-refractivity contribution in [2.75, 3.05) is 6.54 Å². The molecule has 1 aliphatic carbocycles. The van der Waals surface area contributed by atoms with E-state index in [4.69, 9.17) is 5.73 Å². The lowest BCUT2D eigenvalue weighted by Gasteiger charge is -2.14. The lowest BCUT2D eigenvalue weighted by Crippen LogP contribution is -2.29. The zero-order valence-electron chi connectivity index (χ0n) is 7.59. The lowest BCUT2D eigenvalue weighted by atomic mass is 10.2. The van der Waals surface area contributed by atoms with Crippen LogP contribution in [0.1, 0.15) is 23.8 Å². The summed E-state index contributed by atoms with van der Waals surface area (Å²) < 4.78 is 2.26. The molecule has 0 saturated heterocycles. The predicted octanol–water partition coefficient (Wildman–Crippen LogP) is 3.02. The molecule has 0 spiro atoms. The van der Waals surface area contributed by atoms with E-state index in [0.29, 0.717) is 18.6 Å². The third-order valence-electron chi connectivity index (χ3n) is 2.26. The molecule has 3 N–H and O–H groups in total. The van der Waals surface area contributed by atoms with Crippen LogP contribution in [0.15, 0.2) is 14.3 Å². The number of hydrogen-bond acceptors (Lipinski definition) is 3. The molecule has 1 aliphatic rings. The molecule has 5 heteroatoms. The van der Waals surface area contributed by atoms with Crippen LogP contribution in [0.25, 0.3) is 0 Å². The van der Waals surface area contributed by atoms with E-state index in [1.54, 1.807) is 11.3 Å². The van der Waals surface area contributed by atoms with Crippen LogP contribution in [0.3, 0.4) is 0 Å². The van der Waals surface area contributed by atoms with E-state index < -0.39 is 0 Å². The van der Waals surface area contributed by atoms with Crippen LogP contribution in [0.2, 0.25) is 0 Å². The second-order valence-corrected chi connectivity index (χ2v) is 6.76. The molecule has 0 aromatic carbocycles. The highest BCUT2D eigenvalue weighted by Gasteiger charge is 2.25. The molecule has 2 rings (SSSR count). The number of nitrogens with two attached hydrogens (primary N) is 1. The first kappa shape index (κ1) is 11.1. The quantitative estimate of drug-likeness (QED) is 0.884. The predicted molar refractivity (Wildman–Crippen MR) is 67.7 cm³/mol. The summed E-state index contributed by atoms with van der Waals surface area (Å²) in [7, 11) is 0. The van der Waals surface area contributed by atoms with Gasteiger partial charge in [0, 0.05) is 21.9 Å². The topological polar surface area (TPSA) is 38.0 Å². The van der Waals surface area contributed by atoms with Crippen molar-refractivity contribution < 1.29 is 0 Å². The van der Waals surface area contributed by atoms with Crippen molar-refractivity contribution in [3.05, 3.63) is 19.2 Å². The highest BCUT2D eigenvalue weighted by molar-refractivity contribution is 9.13. The molecule has 1 unspecified atom stereocenters. The molecule has 1 atom stereocenters. The van der Waals surface area contributed by atoms with E-state index in [-0.39, 0.29) is 0 Å². The van der Waals surface area contributed by atoms with Crippen LogP contribution in [-0.2, 0) is 0 Å². The Balaban J connectivity index is 2.08. The van der Waals surface area contributed by atoms with Crippen LogP contribution in [-0.4, -0.2) is 12.6 Å².